The summed E-state index contributed by atoms with van der Waals surface area (Å²) in [6, 6.07) is 9.87. The maximum Gasteiger partial charge on any atom is 0.0606 e. The monoisotopic (exact) mass is 371 g/mol. The summed E-state index contributed by atoms with van der Waals surface area (Å²) < 4.78 is 1.11. The lowest BCUT2D eigenvalue weighted by Crippen LogP contribution is -2.19. The minimum Gasteiger partial charge on any atom is -0.309 e. The number of halogens is 3. The Labute approximate surface area is 138 Å². The molecule has 0 amide bonds. The van der Waals surface area contributed by atoms with Crippen LogP contribution < -0.4 is 5.32 Å². The van der Waals surface area contributed by atoms with Gasteiger partial charge in [-0.3, -0.25) is 0 Å². The highest BCUT2D eigenvalue weighted by atomic mass is 79.9. The minimum absolute atomic E-state index is 0.0250. The van der Waals surface area contributed by atoms with Crippen LogP contribution in [0.3, 0.4) is 0 Å². The second kappa shape index (κ2) is 6.48. The van der Waals surface area contributed by atoms with Crippen molar-refractivity contribution in [2.75, 3.05) is 7.05 Å². The topological polar surface area (TPSA) is 12.0 Å². The van der Waals surface area contributed by atoms with Gasteiger partial charge < -0.3 is 5.32 Å². The van der Waals surface area contributed by atoms with E-state index in [0.717, 1.165) is 10.0 Å². The highest BCUT2D eigenvalue weighted by Crippen LogP contribution is 2.36. The molecule has 2 aromatic carbocycles. The summed E-state index contributed by atoms with van der Waals surface area (Å²) in [5.74, 6) is 0. The summed E-state index contributed by atoms with van der Waals surface area (Å²) in [5.41, 5.74) is 4.48. The van der Waals surface area contributed by atoms with Crippen molar-refractivity contribution in [3.63, 3.8) is 0 Å². The van der Waals surface area contributed by atoms with Gasteiger partial charge in [-0.1, -0.05) is 51.3 Å². The van der Waals surface area contributed by atoms with E-state index in [2.05, 4.69) is 47.2 Å². The van der Waals surface area contributed by atoms with Crippen LogP contribution >= 0.6 is 39.1 Å². The summed E-state index contributed by atoms with van der Waals surface area (Å²) in [7, 11) is 1.92. The number of hydrogen-bond acceptors (Lipinski definition) is 1. The molecule has 1 N–H and O–H groups in total. The fourth-order valence-electron chi connectivity index (χ4n) is 2.36. The first-order valence-electron chi connectivity index (χ1n) is 6.33. The second-order valence-electron chi connectivity index (χ2n) is 4.82. The Morgan fingerprint density at radius 2 is 1.65 bits per heavy atom. The van der Waals surface area contributed by atoms with Crippen molar-refractivity contribution in [3.05, 3.63) is 67.1 Å². The molecule has 0 aliphatic rings. The lowest BCUT2D eigenvalue weighted by molar-refractivity contribution is 0.687. The van der Waals surface area contributed by atoms with Crippen molar-refractivity contribution >= 4 is 39.1 Å². The molecule has 1 unspecified atom stereocenters. The van der Waals surface area contributed by atoms with E-state index in [4.69, 9.17) is 23.2 Å². The predicted molar refractivity (Wildman–Crippen MR) is 91.0 cm³/mol. The molecule has 0 heterocycles. The third kappa shape index (κ3) is 3.04. The first kappa shape index (κ1) is 15.8. The molecule has 2 rings (SSSR count). The summed E-state index contributed by atoms with van der Waals surface area (Å²) in [6.07, 6.45) is 0. The van der Waals surface area contributed by atoms with E-state index in [1.54, 1.807) is 0 Å². The Morgan fingerprint density at radius 3 is 2.20 bits per heavy atom. The van der Waals surface area contributed by atoms with Gasteiger partial charge in [0.15, 0.2) is 0 Å². The van der Waals surface area contributed by atoms with Crippen LogP contribution in [0.4, 0.5) is 0 Å². The van der Waals surface area contributed by atoms with Gasteiger partial charge in [0.25, 0.3) is 0 Å². The SMILES string of the molecule is CNC(c1cc(C)c(Br)cc1C)c1c(Cl)cccc1Cl. The number of rotatable bonds is 3. The highest BCUT2D eigenvalue weighted by Gasteiger charge is 2.20. The van der Waals surface area contributed by atoms with Gasteiger partial charge in [0.2, 0.25) is 0 Å². The largest absolute Gasteiger partial charge is 0.309 e. The Kier molecular flexibility index (Phi) is 5.14. The molecule has 4 heteroatoms. The van der Waals surface area contributed by atoms with E-state index in [-0.39, 0.29) is 6.04 Å². The third-order valence-corrected chi connectivity index (χ3v) is 4.95. The van der Waals surface area contributed by atoms with E-state index < -0.39 is 0 Å². The van der Waals surface area contributed by atoms with Crippen molar-refractivity contribution < 1.29 is 0 Å². The lowest BCUT2D eigenvalue weighted by atomic mass is 9.93. The number of benzene rings is 2. The summed E-state index contributed by atoms with van der Waals surface area (Å²) in [6.45, 7) is 4.17. The van der Waals surface area contributed by atoms with Crippen LogP contribution in [0.1, 0.15) is 28.3 Å². The molecule has 0 bridgehead atoms. The Morgan fingerprint density at radius 1 is 1.05 bits per heavy atom. The van der Waals surface area contributed by atoms with Crippen molar-refractivity contribution in [2.24, 2.45) is 0 Å². The molecule has 2 aromatic rings. The fourth-order valence-corrected chi connectivity index (χ4v) is 3.43. The first-order chi connectivity index (χ1) is 9.45. The molecule has 0 fully saturated rings. The zero-order valence-corrected chi connectivity index (χ0v) is 14.7. The first-order valence-corrected chi connectivity index (χ1v) is 7.88. The molecule has 0 aliphatic heterocycles. The molecular weight excluding hydrogens is 357 g/mol. The van der Waals surface area contributed by atoms with Gasteiger partial charge in [-0.2, -0.15) is 0 Å². The van der Waals surface area contributed by atoms with Crippen molar-refractivity contribution in [1.29, 1.82) is 0 Å². The molecule has 0 radical (unpaired) electrons. The summed E-state index contributed by atoms with van der Waals surface area (Å²) >= 11 is 16.2. The minimum atomic E-state index is -0.0250. The molecular formula is C16H16BrCl2N. The quantitative estimate of drug-likeness (QED) is 0.730. The van der Waals surface area contributed by atoms with Gasteiger partial charge in [-0.25, -0.2) is 0 Å². The Bertz CT molecular complexity index is 620. The molecule has 20 heavy (non-hydrogen) atoms. The Hall–Kier alpha value is -0.540. The van der Waals surface area contributed by atoms with Gasteiger partial charge in [0.05, 0.1) is 6.04 Å². The zero-order valence-electron chi connectivity index (χ0n) is 11.6. The van der Waals surface area contributed by atoms with E-state index in [9.17, 15) is 0 Å². The second-order valence-corrected chi connectivity index (χ2v) is 6.48. The maximum absolute atomic E-state index is 6.34. The van der Waals surface area contributed by atoms with Gasteiger partial charge in [0.1, 0.15) is 0 Å². The zero-order chi connectivity index (χ0) is 14.9. The summed E-state index contributed by atoms with van der Waals surface area (Å²) in [4.78, 5) is 0. The molecule has 0 saturated carbocycles. The van der Waals surface area contributed by atoms with E-state index in [1.165, 1.54) is 16.7 Å². The van der Waals surface area contributed by atoms with Crippen molar-refractivity contribution in [2.45, 2.75) is 19.9 Å². The lowest BCUT2D eigenvalue weighted by Gasteiger charge is -2.22. The summed E-state index contributed by atoms with van der Waals surface area (Å²) in [5, 5.41) is 4.67. The van der Waals surface area contributed by atoms with Crippen molar-refractivity contribution in [3.8, 4) is 0 Å². The van der Waals surface area contributed by atoms with Crippen LogP contribution in [0.5, 0.6) is 0 Å². The molecule has 0 saturated heterocycles. The van der Waals surface area contributed by atoms with Crippen LogP contribution in [0.25, 0.3) is 0 Å². The molecule has 0 spiro atoms. The molecule has 0 aliphatic carbocycles. The van der Waals surface area contributed by atoms with Gasteiger partial charge in [-0.05, 0) is 55.8 Å². The van der Waals surface area contributed by atoms with Crippen LogP contribution in [0.15, 0.2) is 34.8 Å². The maximum atomic E-state index is 6.34. The number of aryl methyl sites for hydroxylation is 2. The average Bonchev–Trinajstić information content (AvgIpc) is 2.39. The van der Waals surface area contributed by atoms with E-state index in [1.807, 2.05) is 25.2 Å². The van der Waals surface area contributed by atoms with Crippen LogP contribution in [0, 0.1) is 13.8 Å². The van der Waals surface area contributed by atoms with Gasteiger partial charge in [0, 0.05) is 20.1 Å². The van der Waals surface area contributed by atoms with E-state index in [0.29, 0.717) is 10.0 Å². The van der Waals surface area contributed by atoms with Crippen LogP contribution in [-0.4, -0.2) is 7.05 Å². The average molecular weight is 373 g/mol. The normalized spacial score (nSPS) is 12.5. The van der Waals surface area contributed by atoms with Crippen LogP contribution in [0.2, 0.25) is 10.0 Å². The van der Waals surface area contributed by atoms with Gasteiger partial charge >= 0.3 is 0 Å². The third-order valence-electron chi connectivity index (χ3n) is 3.44. The smallest absolute Gasteiger partial charge is 0.0606 e. The fraction of sp³-hybridized carbons (Fsp3) is 0.250. The van der Waals surface area contributed by atoms with Crippen LogP contribution in [-0.2, 0) is 0 Å². The standard InChI is InChI=1S/C16H16BrCl2N/c1-9-8-12(17)10(2)7-11(9)16(20-3)15-13(18)5-4-6-14(15)19/h4-8,16,20H,1-3H3. The number of nitrogens with one attached hydrogen (secondary N) is 1. The number of hydrogen-bond donors (Lipinski definition) is 1. The van der Waals surface area contributed by atoms with Crippen molar-refractivity contribution in [1.82, 2.24) is 5.32 Å². The van der Waals surface area contributed by atoms with E-state index >= 15 is 0 Å². The highest BCUT2D eigenvalue weighted by molar-refractivity contribution is 9.10. The van der Waals surface area contributed by atoms with Gasteiger partial charge in [-0.15, -0.1) is 0 Å². The predicted octanol–water partition coefficient (Wildman–Crippen LogP) is 5.68. The molecule has 106 valence electrons. The molecule has 0 aromatic heterocycles. The Balaban J connectivity index is 2.62. The molecule has 1 nitrogen and oxygen atoms in total. The molecule has 1 atom stereocenters.